The van der Waals surface area contributed by atoms with Crippen LogP contribution in [0.15, 0.2) is 91.0 Å². The standard InChI is InChI=1S/C26H25O4P/c1-3-8-21-15-17-23(18-16-21)28-31(27,29-24-12-6-9-20(2)19-24)30-26-14-7-11-22-10-4-5-13-25(22)26/h4-7,9-19H,3,8H2,1-2H3. The second-order valence-electron chi connectivity index (χ2n) is 7.41. The molecule has 5 heteroatoms. The topological polar surface area (TPSA) is 44.8 Å². The van der Waals surface area contributed by atoms with Crippen molar-refractivity contribution in [3.8, 4) is 17.2 Å². The minimum absolute atomic E-state index is 0.422. The summed E-state index contributed by atoms with van der Waals surface area (Å²) in [4.78, 5) is 0. The lowest BCUT2D eigenvalue weighted by atomic mass is 10.1. The predicted octanol–water partition coefficient (Wildman–Crippen LogP) is 7.75. The van der Waals surface area contributed by atoms with Crippen molar-refractivity contribution in [3.05, 3.63) is 102 Å². The maximum atomic E-state index is 13.8. The van der Waals surface area contributed by atoms with E-state index in [-0.39, 0.29) is 0 Å². The number of phosphoric acid groups is 1. The van der Waals surface area contributed by atoms with Gasteiger partial charge in [0.05, 0.1) is 0 Å². The number of fused-ring (bicyclic) bond motifs is 1. The summed E-state index contributed by atoms with van der Waals surface area (Å²) >= 11 is 0. The third-order valence-electron chi connectivity index (χ3n) is 4.85. The third kappa shape index (κ3) is 5.28. The predicted molar refractivity (Wildman–Crippen MR) is 125 cm³/mol. The Labute approximate surface area is 183 Å². The molecule has 1 unspecified atom stereocenters. The van der Waals surface area contributed by atoms with Gasteiger partial charge in [-0.1, -0.05) is 74.0 Å². The summed E-state index contributed by atoms with van der Waals surface area (Å²) in [7, 11) is -4.04. The van der Waals surface area contributed by atoms with Gasteiger partial charge < -0.3 is 13.6 Å². The van der Waals surface area contributed by atoms with Gasteiger partial charge in [-0.3, -0.25) is 0 Å². The minimum Gasteiger partial charge on any atom is -0.386 e. The van der Waals surface area contributed by atoms with Gasteiger partial charge in [0.15, 0.2) is 0 Å². The van der Waals surface area contributed by atoms with Crippen LogP contribution in [0.1, 0.15) is 24.5 Å². The Hall–Kier alpha value is -3.23. The number of phosphoric ester groups is 1. The number of aryl methyl sites for hydroxylation is 2. The Kier molecular flexibility index (Phi) is 6.29. The molecular formula is C26H25O4P. The van der Waals surface area contributed by atoms with Crippen molar-refractivity contribution < 1.29 is 18.1 Å². The highest BCUT2D eigenvalue weighted by Gasteiger charge is 2.33. The maximum absolute atomic E-state index is 13.8. The Morgan fingerprint density at radius 3 is 2.23 bits per heavy atom. The Morgan fingerprint density at radius 2 is 1.45 bits per heavy atom. The normalized spacial score (nSPS) is 12.8. The molecule has 1 atom stereocenters. The molecule has 0 aromatic heterocycles. The second-order valence-corrected chi connectivity index (χ2v) is 8.85. The molecule has 0 heterocycles. The van der Waals surface area contributed by atoms with Crippen LogP contribution in [-0.4, -0.2) is 0 Å². The zero-order valence-electron chi connectivity index (χ0n) is 17.7. The second kappa shape index (κ2) is 9.28. The molecule has 0 saturated heterocycles. The number of hydrogen-bond acceptors (Lipinski definition) is 4. The van der Waals surface area contributed by atoms with Crippen molar-refractivity contribution in [1.82, 2.24) is 0 Å². The molecule has 4 aromatic rings. The van der Waals surface area contributed by atoms with Crippen LogP contribution in [0.4, 0.5) is 0 Å². The molecule has 0 saturated carbocycles. The van der Waals surface area contributed by atoms with Gasteiger partial charge in [0, 0.05) is 5.39 Å². The monoisotopic (exact) mass is 432 g/mol. The van der Waals surface area contributed by atoms with Gasteiger partial charge in [-0.2, -0.15) is 4.57 Å². The van der Waals surface area contributed by atoms with E-state index in [0.29, 0.717) is 17.2 Å². The number of rotatable bonds is 8. The Balaban J connectivity index is 1.68. The van der Waals surface area contributed by atoms with Gasteiger partial charge >= 0.3 is 7.82 Å². The van der Waals surface area contributed by atoms with Crippen molar-refractivity contribution in [2.75, 3.05) is 0 Å². The molecule has 0 aliphatic carbocycles. The smallest absolute Gasteiger partial charge is 0.386 e. The third-order valence-corrected chi connectivity index (χ3v) is 6.13. The molecule has 31 heavy (non-hydrogen) atoms. The first-order valence-electron chi connectivity index (χ1n) is 10.4. The maximum Gasteiger partial charge on any atom is 0.647 e. The fraction of sp³-hybridized carbons (Fsp3) is 0.154. The molecule has 0 amide bonds. The molecule has 0 spiro atoms. The van der Waals surface area contributed by atoms with E-state index in [1.807, 2.05) is 67.6 Å². The Morgan fingerprint density at radius 1 is 0.742 bits per heavy atom. The zero-order chi connectivity index (χ0) is 21.7. The first kappa shape index (κ1) is 21.0. The van der Waals surface area contributed by atoms with E-state index in [0.717, 1.165) is 29.2 Å². The van der Waals surface area contributed by atoms with Crippen LogP contribution in [0.2, 0.25) is 0 Å². The first-order valence-corrected chi connectivity index (χ1v) is 11.8. The molecule has 4 aromatic carbocycles. The summed E-state index contributed by atoms with van der Waals surface area (Å²) in [5.41, 5.74) is 2.18. The van der Waals surface area contributed by atoms with Gasteiger partial charge in [0.25, 0.3) is 0 Å². The van der Waals surface area contributed by atoms with Crippen molar-refractivity contribution in [1.29, 1.82) is 0 Å². The summed E-state index contributed by atoms with van der Waals surface area (Å²) in [6.45, 7) is 4.07. The van der Waals surface area contributed by atoms with Crippen molar-refractivity contribution in [2.24, 2.45) is 0 Å². The lowest BCUT2D eigenvalue weighted by molar-refractivity contribution is 0.299. The summed E-state index contributed by atoms with van der Waals surface area (Å²) in [6, 6.07) is 28.2. The van der Waals surface area contributed by atoms with Gasteiger partial charge in [0.1, 0.15) is 17.2 Å². The molecule has 0 N–H and O–H groups in total. The van der Waals surface area contributed by atoms with Crippen LogP contribution in [0, 0.1) is 6.92 Å². The summed E-state index contributed by atoms with van der Waals surface area (Å²) < 4.78 is 31.4. The highest BCUT2D eigenvalue weighted by Crippen LogP contribution is 2.51. The SMILES string of the molecule is CCCc1ccc(OP(=O)(Oc2cccc(C)c2)Oc2cccc3ccccc23)cc1. The lowest BCUT2D eigenvalue weighted by Crippen LogP contribution is -2.08. The molecule has 158 valence electrons. The minimum atomic E-state index is -4.04. The fourth-order valence-electron chi connectivity index (χ4n) is 3.39. The molecule has 0 fully saturated rings. The number of hydrogen-bond donors (Lipinski definition) is 0. The average Bonchev–Trinajstić information content (AvgIpc) is 2.75. The van der Waals surface area contributed by atoms with Crippen LogP contribution in [0.5, 0.6) is 17.2 Å². The quantitative estimate of drug-likeness (QED) is 0.267. The lowest BCUT2D eigenvalue weighted by Gasteiger charge is -2.20. The molecule has 0 radical (unpaired) electrons. The van der Waals surface area contributed by atoms with Crippen LogP contribution < -0.4 is 13.6 Å². The van der Waals surface area contributed by atoms with Crippen molar-refractivity contribution >= 4 is 18.6 Å². The van der Waals surface area contributed by atoms with E-state index in [4.69, 9.17) is 13.6 Å². The van der Waals surface area contributed by atoms with Crippen molar-refractivity contribution in [2.45, 2.75) is 26.7 Å². The molecule has 0 aliphatic heterocycles. The summed E-state index contributed by atoms with van der Waals surface area (Å²) in [6.07, 6.45) is 2.03. The van der Waals surface area contributed by atoms with Gasteiger partial charge in [0.2, 0.25) is 0 Å². The van der Waals surface area contributed by atoms with Gasteiger partial charge in [-0.05, 0) is 60.2 Å². The van der Waals surface area contributed by atoms with E-state index < -0.39 is 7.82 Å². The number of benzene rings is 4. The van der Waals surface area contributed by atoms with E-state index in [9.17, 15) is 4.57 Å². The van der Waals surface area contributed by atoms with E-state index in [2.05, 4.69) is 6.92 Å². The summed E-state index contributed by atoms with van der Waals surface area (Å²) in [5, 5.41) is 1.81. The van der Waals surface area contributed by atoms with Crippen LogP contribution in [0.3, 0.4) is 0 Å². The van der Waals surface area contributed by atoms with Crippen LogP contribution in [-0.2, 0) is 11.0 Å². The van der Waals surface area contributed by atoms with Gasteiger partial charge in [-0.25, -0.2) is 0 Å². The Bertz CT molecular complexity index is 1210. The van der Waals surface area contributed by atoms with E-state index >= 15 is 0 Å². The molecule has 0 aliphatic rings. The molecule has 4 nitrogen and oxygen atoms in total. The fourth-order valence-corrected chi connectivity index (χ4v) is 4.65. The largest absolute Gasteiger partial charge is 0.647 e. The van der Waals surface area contributed by atoms with E-state index in [1.54, 1.807) is 30.3 Å². The zero-order valence-corrected chi connectivity index (χ0v) is 18.5. The molecule has 4 rings (SSSR count). The highest BCUT2D eigenvalue weighted by atomic mass is 31.2. The van der Waals surface area contributed by atoms with Crippen molar-refractivity contribution in [3.63, 3.8) is 0 Å². The average molecular weight is 432 g/mol. The molecule has 0 bridgehead atoms. The van der Waals surface area contributed by atoms with Crippen LogP contribution in [0.25, 0.3) is 10.8 Å². The first-order chi connectivity index (χ1) is 15.0. The molecular weight excluding hydrogens is 407 g/mol. The van der Waals surface area contributed by atoms with E-state index in [1.165, 1.54) is 5.56 Å². The van der Waals surface area contributed by atoms with Crippen LogP contribution >= 0.6 is 7.82 Å². The van der Waals surface area contributed by atoms with Gasteiger partial charge in [-0.15, -0.1) is 0 Å². The summed E-state index contributed by atoms with van der Waals surface area (Å²) in [5.74, 6) is 1.29. The highest BCUT2D eigenvalue weighted by molar-refractivity contribution is 7.49.